The number of hydrogen-bond donors (Lipinski definition) is 1. The van der Waals surface area contributed by atoms with Crippen LogP contribution in [-0.2, 0) is 4.79 Å². The average Bonchev–Trinajstić information content (AvgIpc) is 2.56. The number of halogens is 2. The van der Waals surface area contributed by atoms with Crippen molar-refractivity contribution in [3.05, 3.63) is 58.9 Å². The van der Waals surface area contributed by atoms with Gasteiger partial charge in [-0.1, -0.05) is 18.5 Å². The van der Waals surface area contributed by atoms with Crippen LogP contribution in [0.4, 0.5) is 10.1 Å². The molecule has 0 atom stereocenters. The number of rotatable bonds is 6. The van der Waals surface area contributed by atoms with Crippen molar-refractivity contribution in [2.75, 3.05) is 11.9 Å². The molecular formula is C17H15ClFNO3. The Morgan fingerprint density at radius 2 is 1.87 bits per heavy atom. The maximum absolute atomic E-state index is 13.0. The smallest absolute Gasteiger partial charge is 0.224 e. The van der Waals surface area contributed by atoms with E-state index in [2.05, 4.69) is 5.32 Å². The van der Waals surface area contributed by atoms with E-state index in [1.165, 1.54) is 18.2 Å². The highest BCUT2D eigenvalue weighted by Crippen LogP contribution is 2.21. The molecule has 0 spiro atoms. The minimum Gasteiger partial charge on any atom is -0.485 e. The van der Waals surface area contributed by atoms with Crippen LogP contribution in [0.1, 0.15) is 23.7 Å². The Morgan fingerprint density at radius 3 is 2.48 bits per heavy atom. The summed E-state index contributed by atoms with van der Waals surface area (Å²) in [4.78, 5) is 23.3. The molecule has 120 valence electrons. The van der Waals surface area contributed by atoms with Crippen LogP contribution in [0.2, 0.25) is 5.02 Å². The van der Waals surface area contributed by atoms with Gasteiger partial charge in [0.2, 0.25) is 5.91 Å². The first-order valence-electron chi connectivity index (χ1n) is 7.00. The van der Waals surface area contributed by atoms with E-state index in [1.807, 2.05) is 0 Å². The third kappa shape index (κ3) is 4.79. The lowest BCUT2D eigenvalue weighted by molar-refractivity contribution is -0.115. The van der Waals surface area contributed by atoms with E-state index < -0.39 is 5.82 Å². The minimum absolute atomic E-state index is 0.0639. The molecule has 0 saturated heterocycles. The molecule has 1 N–H and O–H groups in total. The number of Topliss-reactive ketones (excluding diaryl/α,β-unsaturated/α-hetero) is 1. The molecule has 0 heterocycles. The predicted molar refractivity (Wildman–Crippen MR) is 86.6 cm³/mol. The molecule has 0 fully saturated rings. The van der Waals surface area contributed by atoms with Crippen LogP contribution in [0.15, 0.2) is 42.5 Å². The summed E-state index contributed by atoms with van der Waals surface area (Å²) in [5.74, 6) is -0.564. The molecule has 2 rings (SSSR count). The summed E-state index contributed by atoms with van der Waals surface area (Å²) in [6.07, 6.45) is 0.384. The topological polar surface area (TPSA) is 55.4 Å². The van der Waals surface area contributed by atoms with Crippen molar-refractivity contribution < 1.29 is 18.7 Å². The Hall–Kier alpha value is -2.40. The highest BCUT2D eigenvalue weighted by molar-refractivity contribution is 6.30. The predicted octanol–water partition coefficient (Wildman–Crippen LogP) is 4.09. The van der Waals surface area contributed by atoms with Gasteiger partial charge in [0.1, 0.15) is 11.6 Å². The molecule has 0 aromatic heterocycles. The van der Waals surface area contributed by atoms with Crippen LogP contribution < -0.4 is 10.1 Å². The second-order valence-electron chi connectivity index (χ2n) is 4.77. The zero-order valence-electron chi connectivity index (χ0n) is 12.4. The van der Waals surface area contributed by atoms with Crippen LogP contribution in [0.25, 0.3) is 0 Å². The molecule has 4 nitrogen and oxygen atoms in total. The Balaban J connectivity index is 1.95. The van der Waals surface area contributed by atoms with E-state index in [0.29, 0.717) is 23.4 Å². The fraction of sp³-hybridized carbons (Fsp3) is 0.176. The number of anilines is 1. The first-order chi connectivity index (χ1) is 11.0. The molecule has 6 heteroatoms. The maximum atomic E-state index is 13.0. The van der Waals surface area contributed by atoms with Crippen LogP contribution in [0.5, 0.6) is 5.75 Å². The average molecular weight is 336 g/mol. The molecular weight excluding hydrogens is 321 g/mol. The molecule has 1 amide bonds. The van der Waals surface area contributed by atoms with Crippen molar-refractivity contribution in [3.63, 3.8) is 0 Å². The van der Waals surface area contributed by atoms with Gasteiger partial charge in [-0.25, -0.2) is 4.39 Å². The standard InChI is InChI=1S/C17H15ClFNO3/c1-2-17(22)20-12-5-3-11(4-6-12)16(21)10-23-13-7-8-15(19)14(18)9-13/h3-9H,2,10H2,1H3,(H,20,22). The molecule has 0 aliphatic rings. The Bertz CT molecular complexity index is 716. The molecule has 0 aliphatic carbocycles. The van der Waals surface area contributed by atoms with E-state index in [0.717, 1.165) is 0 Å². The van der Waals surface area contributed by atoms with E-state index in [-0.39, 0.29) is 23.3 Å². The second kappa shape index (κ2) is 7.74. The normalized spacial score (nSPS) is 10.2. The number of benzene rings is 2. The van der Waals surface area contributed by atoms with Crippen LogP contribution in [0, 0.1) is 5.82 Å². The molecule has 2 aromatic rings. The van der Waals surface area contributed by atoms with Gasteiger partial charge >= 0.3 is 0 Å². The Labute approximate surface area is 138 Å². The second-order valence-corrected chi connectivity index (χ2v) is 5.17. The highest BCUT2D eigenvalue weighted by Gasteiger charge is 2.09. The number of carbonyl (C=O) groups is 2. The molecule has 0 saturated carbocycles. The number of ether oxygens (including phenoxy) is 1. The highest BCUT2D eigenvalue weighted by atomic mass is 35.5. The van der Waals surface area contributed by atoms with Gasteiger partial charge in [-0.2, -0.15) is 0 Å². The summed E-state index contributed by atoms with van der Waals surface area (Å²) in [7, 11) is 0. The Morgan fingerprint density at radius 1 is 1.17 bits per heavy atom. The van der Waals surface area contributed by atoms with Gasteiger partial charge in [-0.3, -0.25) is 9.59 Å². The number of amides is 1. The van der Waals surface area contributed by atoms with E-state index in [1.54, 1.807) is 31.2 Å². The van der Waals surface area contributed by atoms with E-state index in [4.69, 9.17) is 16.3 Å². The van der Waals surface area contributed by atoms with Crippen molar-refractivity contribution in [2.24, 2.45) is 0 Å². The zero-order chi connectivity index (χ0) is 16.8. The Kier molecular flexibility index (Phi) is 5.71. The monoisotopic (exact) mass is 335 g/mol. The quantitative estimate of drug-likeness (QED) is 0.809. The van der Waals surface area contributed by atoms with Crippen molar-refractivity contribution in [2.45, 2.75) is 13.3 Å². The van der Waals surface area contributed by atoms with Gasteiger partial charge in [-0.05, 0) is 36.4 Å². The first-order valence-corrected chi connectivity index (χ1v) is 7.38. The van der Waals surface area contributed by atoms with Gasteiger partial charge in [-0.15, -0.1) is 0 Å². The largest absolute Gasteiger partial charge is 0.485 e. The lowest BCUT2D eigenvalue weighted by Gasteiger charge is -2.07. The zero-order valence-corrected chi connectivity index (χ0v) is 13.2. The van der Waals surface area contributed by atoms with Gasteiger partial charge < -0.3 is 10.1 Å². The molecule has 0 radical (unpaired) electrons. The third-order valence-electron chi connectivity index (χ3n) is 3.07. The van der Waals surface area contributed by atoms with Gasteiger partial charge in [0.25, 0.3) is 0 Å². The van der Waals surface area contributed by atoms with Crippen LogP contribution in [0.3, 0.4) is 0 Å². The summed E-state index contributed by atoms with van der Waals surface area (Å²) < 4.78 is 18.3. The molecule has 0 unspecified atom stereocenters. The van der Waals surface area contributed by atoms with Gasteiger partial charge in [0.05, 0.1) is 5.02 Å². The number of hydrogen-bond acceptors (Lipinski definition) is 3. The summed E-state index contributed by atoms with van der Waals surface area (Å²) in [6.45, 7) is 1.56. The summed E-state index contributed by atoms with van der Waals surface area (Å²) >= 11 is 5.64. The number of carbonyl (C=O) groups excluding carboxylic acids is 2. The molecule has 2 aromatic carbocycles. The van der Waals surface area contributed by atoms with Crippen molar-refractivity contribution >= 4 is 29.0 Å². The van der Waals surface area contributed by atoms with E-state index in [9.17, 15) is 14.0 Å². The summed E-state index contributed by atoms with van der Waals surface area (Å²) in [5, 5.41) is 2.63. The first kappa shape index (κ1) is 17.0. The van der Waals surface area contributed by atoms with E-state index >= 15 is 0 Å². The SMILES string of the molecule is CCC(=O)Nc1ccc(C(=O)COc2ccc(F)c(Cl)c2)cc1. The lowest BCUT2D eigenvalue weighted by atomic mass is 10.1. The minimum atomic E-state index is -0.546. The van der Waals surface area contributed by atoms with Crippen LogP contribution >= 0.6 is 11.6 Å². The molecule has 0 aliphatic heterocycles. The summed E-state index contributed by atoms with van der Waals surface area (Å²) in [5.41, 5.74) is 1.08. The third-order valence-corrected chi connectivity index (χ3v) is 3.36. The number of nitrogens with one attached hydrogen (secondary N) is 1. The van der Waals surface area contributed by atoms with Crippen molar-refractivity contribution in [1.82, 2.24) is 0 Å². The number of ketones is 1. The lowest BCUT2D eigenvalue weighted by Crippen LogP contribution is -2.12. The van der Waals surface area contributed by atoms with Crippen LogP contribution in [-0.4, -0.2) is 18.3 Å². The fourth-order valence-corrected chi connectivity index (χ4v) is 1.96. The van der Waals surface area contributed by atoms with Gasteiger partial charge in [0, 0.05) is 23.7 Å². The summed E-state index contributed by atoms with van der Waals surface area (Å²) in [6, 6.07) is 10.4. The molecule has 0 bridgehead atoms. The maximum Gasteiger partial charge on any atom is 0.224 e. The van der Waals surface area contributed by atoms with Crippen molar-refractivity contribution in [1.29, 1.82) is 0 Å². The van der Waals surface area contributed by atoms with Gasteiger partial charge in [0.15, 0.2) is 12.4 Å². The fourth-order valence-electron chi connectivity index (χ4n) is 1.79. The molecule has 23 heavy (non-hydrogen) atoms. The van der Waals surface area contributed by atoms with Crippen molar-refractivity contribution in [3.8, 4) is 5.75 Å².